The summed E-state index contributed by atoms with van der Waals surface area (Å²) in [5.41, 5.74) is -1.10. The lowest BCUT2D eigenvalue weighted by atomic mass is 10.1. The van der Waals surface area contributed by atoms with Crippen LogP contribution in [0.4, 0.5) is 10.5 Å². The molecule has 1 unspecified atom stereocenters. The van der Waals surface area contributed by atoms with Gasteiger partial charge in [-0.15, -0.1) is 0 Å². The Kier molecular flexibility index (Phi) is 6.10. The number of nitro benzene ring substituents is 1. The Morgan fingerprint density at radius 1 is 1.29 bits per heavy atom. The topological polar surface area (TPSA) is 128 Å². The van der Waals surface area contributed by atoms with Crippen LogP contribution in [0, 0.1) is 10.1 Å². The number of carboxylic acid groups (broad SMARTS) is 1. The lowest BCUT2D eigenvalue weighted by Crippen LogP contribution is -2.51. The Labute approximate surface area is 138 Å². The van der Waals surface area contributed by atoms with Crippen LogP contribution >= 0.6 is 0 Å². The van der Waals surface area contributed by atoms with E-state index in [1.54, 1.807) is 20.8 Å². The van der Waals surface area contributed by atoms with Crippen molar-refractivity contribution < 1.29 is 29.1 Å². The first-order valence-electron chi connectivity index (χ1n) is 7.13. The Morgan fingerprint density at radius 2 is 1.88 bits per heavy atom. The van der Waals surface area contributed by atoms with E-state index in [0.717, 1.165) is 0 Å². The molecule has 0 aliphatic heterocycles. The smallest absolute Gasteiger partial charge is 0.408 e. The number of hydrogen-bond donors (Lipinski definition) is 2. The van der Waals surface area contributed by atoms with Gasteiger partial charge in [0.1, 0.15) is 11.7 Å². The monoisotopic (exact) mass is 340 g/mol. The van der Waals surface area contributed by atoms with Gasteiger partial charge in [-0.25, -0.2) is 9.59 Å². The number of amides is 1. The van der Waals surface area contributed by atoms with E-state index in [2.05, 4.69) is 5.32 Å². The first-order valence-corrected chi connectivity index (χ1v) is 7.13. The van der Waals surface area contributed by atoms with Crippen molar-refractivity contribution in [3.63, 3.8) is 0 Å². The minimum absolute atomic E-state index is 0.0905. The molecule has 0 aliphatic carbocycles. The van der Waals surface area contributed by atoms with Gasteiger partial charge >= 0.3 is 17.7 Å². The number of nitrogens with zero attached hydrogens (tertiary/aromatic N) is 1. The number of alkyl carbamates (subject to hydrolysis) is 1. The van der Waals surface area contributed by atoms with Gasteiger partial charge in [-0.1, -0.05) is 12.1 Å². The van der Waals surface area contributed by atoms with Crippen LogP contribution in [0.25, 0.3) is 0 Å². The Morgan fingerprint density at radius 3 is 2.38 bits per heavy atom. The van der Waals surface area contributed by atoms with Crippen LogP contribution in [-0.2, 0) is 9.53 Å². The fourth-order valence-corrected chi connectivity index (χ4v) is 1.79. The third-order valence-corrected chi connectivity index (χ3v) is 2.78. The molecule has 9 heteroatoms. The molecule has 2 atom stereocenters. The Hall–Kier alpha value is -2.84. The maximum absolute atomic E-state index is 11.7. The van der Waals surface area contributed by atoms with Crippen LogP contribution in [0.1, 0.15) is 27.7 Å². The molecule has 0 saturated heterocycles. The predicted molar refractivity (Wildman–Crippen MR) is 84.0 cm³/mol. The zero-order valence-electron chi connectivity index (χ0n) is 13.8. The molecule has 1 aromatic carbocycles. The van der Waals surface area contributed by atoms with Gasteiger partial charge in [-0.2, -0.15) is 0 Å². The molecule has 0 aliphatic rings. The molecule has 9 nitrogen and oxygen atoms in total. The second kappa shape index (κ2) is 7.62. The van der Waals surface area contributed by atoms with Gasteiger partial charge in [-0.05, 0) is 33.8 Å². The molecule has 0 bridgehead atoms. The summed E-state index contributed by atoms with van der Waals surface area (Å²) in [6.07, 6.45) is -2.00. The van der Waals surface area contributed by atoms with Gasteiger partial charge < -0.3 is 19.9 Å². The molecule has 2 N–H and O–H groups in total. The third-order valence-electron chi connectivity index (χ3n) is 2.78. The summed E-state index contributed by atoms with van der Waals surface area (Å²) in [4.78, 5) is 33.4. The highest BCUT2D eigenvalue weighted by atomic mass is 16.6. The van der Waals surface area contributed by atoms with Crippen LogP contribution in [0.5, 0.6) is 5.75 Å². The van der Waals surface area contributed by atoms with Crippen molar-refractivity contribution in [2.24, 2.45) is 0 Å². The fraction of sp³-hybridized carbons (Fsp3) is 0.467. The zero-order valence-corrected chi connectivity index (χ0v) is 13.8. The van der Waals surface area contributed by atoms with Gasteiger partial charge in [0, 0.05) is 6.07 Å². The van der Waals surface area contributed by atoms with E-state index >= 15 is 0 Å². The van der Waals surface area contributed by atoms with Gasteiger partial charge in [-0.3, -0.25) is 10.1 Å². The van der Waals surface area contributed by atoms with Gasteiger partial charge in [0.25, 0.3) is 0 Å². The van der Waals surface area contributed by atoms with Crippen molar-refractivity contribution in [3.05, 3.63) is 34.4 Å². The molecule has 24 heavy (non-hydrogen) atoms. The lowest BCUT2D eigenvalue weighted by Gasteiger charge is -2.25. The number of aliphatic carboxylic acids is 1. The fourth-order valence-electron chi connectivity index (χ4n) is 1.79. The highest BCUT2D eigenvalue weighted by molar-refractivity contribution is 5.80. The largest absolute Gasteiger partial charge is 0.481 e. The van der Waals surface area contributed by atoms with E-state index in [9.17, 15) is 24.8 Å². The SMILES string of the molecule is CC(Oc1ccccc1[N+](=O)[O-])[C@@H](NC(=O)OC(C)(C)C)C(=O)O. The molecule has 0 heterocycles. The first kappa shape index (κ1) is 19.2. The van der Waals surface area contributed by atoms with E-state index < -0.39 is 34.7 Å². The summed E-state index contributed by atoms with van der Waals surface area (Å²) in [5, 5.41) is 22.4. The lowest BCUT2D eigenvalue weighted by molar-refractivity contribution is -0.386. The van der Waals surface area contributed by atoms with Crippen LogP contribution in [-0.4, -0.2) is 39.8 Å². The van der Waals surface area contributed by atoms with E-state index in [-0.39, 0.29) is 11.4 Å². The number of para-hydroxylation sites is 2. The molecular formula is C15H20N2O7. The summed E-state index contributed by atoms with van der Waals surface area (Å²) in [6, 6.07) is 4.12. The van der Waals surface area contributed by atoms with E-state index in [4.69, 9.17) is 9.47 Å². The van der Waals surface area contributed by atoms with Crippen molar-refractivity contribution in [2.45, 2.75) is 45.4 Å². The number of hydrogen-bond acceptors (Lipinski definition) is 6. The summed E-state index contributed by atoms with van der Waals surface area (Å²) >= 11 is 0. The van der Waals surface area contributed by atoms with Gasteiger partial charge in [0.15, 0.2) is 11.8 Å². The van der Waals surface area contributed by atoms with Crippen molar-refractivity contribution in [3.8, 4) is 5.75 Å². The molecule has 0 radical (unpaired) electrons. The van der Waals surface area contributed by atoms with Crippen LogP contribution < -0.4 is 10.1 Å². The normalized spacial score (nSPS) is 13.5. The van der Waals surface area contributed by atoms with Crippen molar-refractivity contribution in [1.82, 2.24) is 5.32 Å². The number of benzene rings is 1. The van der Waals surface area contributed by atoms with Gasteiger partial charge in [0.05, 0.1) is 4.92 Å². The average Bonchev–Trinajstić information content (AvgIpc) is 2.42. The maximum Gasteiger partial charge on any atom is 0.408 e. The summed E-state index contributed by atoms with van der Waals surface area (Å²) < 4.78 is 10.4. The van der Waals surface area contributed by atoms with E-state index in [0.29, 0.717) is 0 Å². The number of rotatable bonds is 6. The predicted octanol–water partition coefficient (Wildman–Crippen LogP) is 2.34. The maximum atomic E-state index is 11.7. The zero-order chi connectivity index (χ0) is 18.5. The number of carboxylic acids is 1. The third kappa shape index (κ3) is 5.75. The molecule has 1 amide bonds. The molecule has 1 aromatic rings. The van der Waals surface area contributed by atoms with Crippen molar-refractivity contribution in [2.75, 3.05) is 0 Å². The molecule has 0 fully saturated rings. The molecule has 0 saturated carbocycles. The molecule has 0 spiro atoms. The number of nitrogens with one attached hydrogen (secondary N) is 1. The number of carbonyl (C=O) groups excluding carboxylic acids is 1. The minimum Gasteiger partial charge on any atom is -0.481 e. The Bertz CT molecular complexity index is 624. The molecular weight excluding hydrogens is 320 g/mol. The van der Waals surface area contributed by atoms with Crippen LogP contribution in [0.15, 0.2) is 24.3 Å². The summed E-state index contributed by atoms with van der Waals surface area (Å²) in [6.45, 7) is 6.29. The van der Waals surface area contributed by atoms with E-state index in [1.165, 1.54) is 31.2 Å². The van der Waals surface area contributed by atoms with Crippen LogP contribution in [0.3, 0.4) is 0 Å². The van der Waals surface area contributed by atoms with Crippen molar-refractivity contribution >= 4 is 17.7 Å². The number of ether oxygens (including phenoxy) is 2. The second-order valence-electron chi connectivity index (χ2n) is 6.01. The molecule has 1 rings (SSSR count). The minimum atomic E-state index is -1.44. The average molecular weight is 340 g/mol. The first-order chi connectivity index (χ1) is 11.0. The van der Waals surface area contributed by atoms with Crippen LogP contribution in [0.2, 0.25) is 0 Å². The quantitative estimate of drug-likeness (QED) is 0.600. The number of carbonyl (C=O) groups is 2. The highest BCUT2D eigenvalue weighted by Crippen LogP contribution is 2.27. The second-order valence-corrected chi connectivity index (χ2v) is 6.01. The standard InChI is InChI=1S/C15H20N2O7/c1-9(23-11-8-6-5-7-10(11)17(21)22)12(13(18)19)16-14(20)24-15(2,3)4/h5-9,12H,1-4H3,(H,16,20)(H,18,19)/t9?,12-/m1/s1. The Balaban J connectivity index is 2.88. The number of nitro groups is 1. The van der Waals surface area contributed by atoms with Gasteiger partial charge in [0.2, 0.25) is 0 Å². The van der Waals surface area contributed by atoms with E-state index in [1.807, 2.05) is 0 Å². The highest BCUT2D eigenvalue weighted by Gasteiger charge is 2.31. The van der Waals surface area contributed by atoms with Crippen molar-refractivity contribution in [1.29, 1.82) is 0 Å². The summed E-state index contributed by atoms with van der Waals surface area (Å²) in [5.74, 6) is -1.45. The molecule has 132 valence electrons. The molecule has 0 aromatic heterocycles. The summed E-state index contributed by atoms with van der Waals surface area (Å²) in [7, 11) is 0.